The summed E-state index contributed by atoms with van der Waals surface area (Å²) in [7, 11) is 0. The van der Waals surface area contributed by atoms with Gasteiger partial charge in [0.15, 0.2) is 5.76 Å². The molecular weight excluding hydrogens is 280 g/mol. The number of carbonyl (C=O) groups excluding carboxylic acids is 1. The predicted octanol–water partition coefficient (Wildman–Crippen LogP) is 2.76. The van der Waals surface area contributed by atoms with Gasteiger partial charge in [-0.1, -0.05) is 11.2 Å². The lowest BCUT2D eigenvalue weighted by atomic mass is 10.1. The summed E-state index contributed by atoms with van der Waals surface area (Å²) >= 11 is 0. The van der Waals surface area contributed by atoms with Crippen molar-refractivity contribution in [1.29, 1.82) is 0 Å². The highest BCUT2D eigenvalue weighted by atomic mass is 19.4. The molecule has 2 aromatic rings. The van der Waals surface area contributed by atoms with E-state index in [2.05, 4.69) is 15.0 Å². The van der Waals surface area contributed by atoms with E-state index in [9.17, 15) is 22.4 Å². The summed E-state index contributed by atoms with van der Waals surface area (Å²) in [6, 6.07) is 3.97. The van der Waals surface area contributed by atoms with Crippen molar-refractivity contribution < 1.29 is 26.9 Å². The average molecular weight is 288 g/mol. The molecule has 0 aliphatic heterocycles. The highest BCUT2D eigenvalue weighted by molar-refractivity contribution is 5.94. The molecular formula is C12H8F4N2O2. The smallest absolute Gasteiger partial charge is 0.360 e. The van der Waals surface area contributed by atoms with Gasteiger partial charge in [0.05, 0.1) is 23.9 Å². The van der Waals surface area contributed by atoms with Crippen LogP contribution >= 0.6 is 0 Å². The van der Waals surface area contributed by atoms with E-state index < -0.39 is 29.0 Å². The number of aromatic nitrogens is 1. The van der Waals surface area contributed by atoms with Gasteiger partial charge in [-0.05, 0) is 12.1 Å². The van der Waals surface area contributed by atoms with Crippen molar-refractivity contribution in [2.24, 2.45) is 0 Å². The molecule has 0 bridgehead atoms. The fraction of sp³-hybridized carbons (Fsp3) is 0.167. The molecule has 106 valence electrons. The number of nitrogens with one attached hydrogen (secondary N) is 1. The van der Waals surface area contributed by atoms with E-state index in [0.717, 1.165) is 12.1 Å². The van der Waals surface area contributed by atoms with Gasteiger partial charge in [-0.2, -0.15) is 13.2 Å². The van der Waals surface area contributed by atoms with Crippen LogP contribution in [0.5, 0.6) is 0 Å². The van der Waals surface area contributed by atoms with E-state index in [1.54, 1.807) is 0 Å². The lowest BCUT2D eigenvalue weighted by Crippen LogP contribution is -2.24. The zero-order valence-corrected chi connectivity index (χ0v) is 9.87. The minimum absolute atomic E-state index is 0.103. The molecule has 0 saturated carbocycles. The zero-order valence-electron chi connectivity index (χ0n) is 9.87. The first-order valence-corrected chi connectivity index (χ1v) is 5.43. The Kier molecular flexibility index (Phi) is 3.73. The minimum atomic E-state index is -4.86. The molecule has 1 aromatic carbocycles. The zero-order chi connectivity index (χ0) is 14.8. The van der Waals surface area contributed by atoms with Crippen LogP contribution in [0.15, 0.2) is 35.0 Å². The number of benzene rings is 1. The van der Waals surface area contributed by atoms with Crippen LogP contribution in [0, 0.1) is 5.82 Å². The molecule has 1 heterocycles. The minimum Gasteiger partial charge on any atom is -0.360 e. The lowest BCUT2D eigenvalue weighted by Gasteiger charge is -2.10. The number of hydrogen-bond donors (Lipinski definition) is 1. The standard InChI is InChI=1S/C12H8F4N2O2/c13-10-8(2-1-3-9(10)12(14,15)16)11(19)17-6-7-4-5-18-20-7/h1-5H,6H2,(H,17,19). The Morgan fingerprint density at radius 3 is 2.65 bits per heavy atom. The maximum Gasteiger partial charge on any atom is 0.419 e. The topological polar surface area (TPSA) is 55.1 Å². The normalized spacial score (nSPS) is 11.4. The lowest BCUT2D eigenvalue weighted by molar-refractivity contribution is -0.140. The fourth-order valence-electron chi connectivity index (χ4n) is 1.52. The van der Waals surface area contributed by atoms with E-state index in [0.29, 0.717) is 11.8 Å². The predicted molar refractivity (Wildman–Crippen MR) is 59.1 cm³/mol. The van der Waals surface area contributed by atoms with Crippen molar-refractivity contribution >= 4 is 5.91 Å². The summed E-state index contributed by atoms with van der Waals surface area (Å²) in [4.78, 5) is 11.7. The Morgan fingerprint density at radius 2 is 2.05 bits per heavy atom. The third-order valence-electron chi connectivity index (χ3n) is 2.46. The second-order valence-corrected chi connectivity index (χ2v) is 3.83. The summed E-state index contributed by atoms with van der Waals surface area (Å²) in [5.74, 6) is -2.27. The van der Waals surface area contributed by atoms with Crippen LogP contribution in [-0.4, -0.2) is 11.1 Å². The molecule has 4 nitrogen and oxygen atoms in total. The molecule has 0 fully saturated rings. The molecule has 2 rings (SSSR count). The van der Waals surface area contributed by atoms with Crippen molar-refractivity contribution in [1.82, 2.24) is 10.5 Å². The van der Waals surface area contributed by atoms with E-state index in [4.69, 9.17) is 0 Å². The molecule has 1 aromatic heterocycles. The van der Waals surface area contributed by atoms with Crippen molar-refractivity contribution in [3.63, 3.8) is 0 Å². The molecule has 1 amide bonds. The Balaban J connectivity index is 2.18. The Morgan fingerprint density at radius 1 is 1.30 bits per heavy atom. The van der Waals surface area contributed by atoms with Crippen LogP contribution < -0.4 is 5.32 Å². The maximum atomic E-state index is 13.7. The van der Waals surface area contributed by atoms with Gasteiger partial charge in [0, 0.05) is 6.07 Å². The number of hydrogen-bond acceptors (Lipinski definition) is 3. The maximum absolute atomic E-state index is 13.7. The Hall–Kier alpha value is -2.38. The van der Waals surface area contributed by atoms with Gasteiger partial charge in [-0.15, -0.1) is 0 Å². The van der Waals surface area contributed by atoms with E-state index in [1.807, 2.05) is 0 Å². The number of alkyl halides is 3. The van der Waals surface area contributed by atoms with Gasteiger partial charge < -0.3 is 9.84 Å². The van der Waals surface area contributed by atoms with Crippen molar-refractivity contribution in [3.05, 3.63) is 53.2 Å². The summed E-state index contributed by atoms with van der Waals surface area (Å²) in [6.07, 6.45) is -3.52. The van der Waals surface area contributed by atoms with Gasteiger partial charge in [0.2, 0.25) is 0 Å². The molecule has 0 atom stereocenters. The quantitative estimate of drug-likeness (QED) is 0.884. The second-order valence-electron chi connectivity index (χ2n) is 3.83. The summed E-state index contributed by atoms with van der Waals surface area (Å²) in [5.41, 5.74) is -2.16. The third-order valence-corrected chi connectivity index (χ3v) is 2.46. The molecule has 0 radical (unpaired) electrons. The number of nitrogens with zero attached hydrogens (tertiary/aromatic N) is 1. The largest absolute Gasteiger partial charge is 0.419 e. The third kappa shape index (κ3) is 2.95. The first-order valence-electron chi connectivity index (χ1n) is 5.43. The van der Waals surface area contributed by atoms with Crippen molar-refractivity contribution in [2.45, 2.75) is 12.7 Å². The van der Waals surface area contributed by atoms with Crippen LogP contribution in [0.25, 0.3) is 0 Å². The first kappa shape index (κ1) is 14.0. The van der Waals surface area contributed by atoms with Crippen LogP contribution in [0.2, 0.25) is 0 Å². The monoisotopic (exact) mass is 288 g/mol. The molecule has 0 aliphatic carbocycles. The first-order chi connectivity index (χ1) is 9.39. The fourth-order valence-corrected chi connectivity index (χ4v) is 1.52. The molecule has 0 saturated heterocycles. The van der Waals surface area contributed by atoms with Gasteiger partial charge in [0.1, 0.15) is 5.82 Å². The molecule has 0 spiro atoms. The number of halogens is 4. The SMILES string of the molecule is O=C(NCc1ccno1)c1cccc(C(F)(F)F)c1F. The number of rotatable bonds is 3. The van der Waals surface area contributed by atoms with E-state index in [-0.39, 0.29) is 6.54 Å². The molecule has 0 unspecified atom stereocenters. The van der Waals surface area contributed by atoms with Gasteiger partial charge in [0.25, 0.3) is 5.91 Å². The van der Waals surface area contributed by atoms with E-state index >= 15 is 0 Å². The van der Waals surface area contributed by atoms with Gasteiger partial charge in [-0.25, -0.2) is 4.39 Å². The summed E-state index contributed by atoms with van der Waals surface area (Å²) < 4.78 is 55.9. The Bertz CT molecular complexity index is 608. The van der Waals surface area contributed by atoms with Crippen LogP contribution in [0.1, 0.15) is 21.7 Å². The van der Waals surface area contributed by atoms with E-state index in [1.165, 1.54) is 12.3 Å². The second kappa shape index (κ2) is 5.32. The van der Waals surface area contributed by atoms with Crippen LogP contribution in [0.4, 0.5) is 17.6 Å². The number of carbonyl (C=O) groups is 1. The van der Waals surface area contributed by atoms with Crippen molar-refractivity contribution in [3.8, 4) is 0 Å². The van der Waals surface area contributed by atoms with Gasteiger partial charge in [-0.3, -0.25) is 4.79 Å². The molecule has 8 heteroatoms. The summed E-state index contributed by atoms with van der Waals surface area (Å²) in [6.45, 7) is -0.103. The van der Waals surface area contributed by atoms with Crippen molar-refractivity contribution in [2.75, 3.05) is 0 Å². The Labute approximate surface area is 110 Å². The van der Waals surface area contributed by atoms with Crippen LogP contribution in [-0.2, 0) is 12.7 Å². The average Bonchev–Trinajstić information content (AvgIpc) is 2.88. The highest BCUT2D eigenvalue weighted by Crippen LogP contribution is 2.32. The number of amides is 1. The van der Waals surface area contributed by atoms with Crippen LogP contribution in [0.3, 0.4) is 0 Å². The highest BCUT2D eigenvalue weighted by Gasteiger charge is 2.35. The molecule has 0 aliphatic rings. The molecule has 20 heavy (non-hydrogen) atoms. The summed E-state index contributed by atoms with van der Waals surface area (Å²) in [5, 5.41) is 5.63. The van der Waals surface area contributed by atoms with Gasteiger partial charge >= 0.3 is 6.18 Å². The molecule has 1 N–H and O–H groups in total.